The molecular formula is C12H11N3O2. The number of hydrogen-bond donors (Lipinski definition) is 1. The molecule has 1 amide bonds. The van der Waals surface area contributed by atoms with Crippen LogP contribution in [-0.2, 0) is 13.1 Å². The van der Waals surface area contributed by atoms with Gasteiger partial charge < -0.3 is 5.11 Å². The van der Waals surface area contributed by atoms with Gasteiger partial charge in [0.05, 0.1) is 30.7 Å². The summed E-state index contributed by atoms with van der Waals surface area (Å²) in [6, 6.07) is 9.73. The van der Waals surface area contributed by atoms with Gasteiger partial charge >= 0.3 is 6.09 Å². The number of carbonyl (C=O) groups is 1. The zero-order chi connectivity index (χ0) is 11.8. The second-order valence-corrected chi connectivity index (χ2v) is 4.00. The van der Waals surface area contributed by atoms with E-state index in [1.165, 1.54) is 4.90 Å². The van der Waals surface area contributed by atoms with Crippen molar-refractivity contribution in [2.45, 2.75) is 13.1 Å². The van der Waals surface area contributed by atoms with Gasteiger partial charge in [-0.05, 0) is 12.1 Å². The van der Waals surface area contributed by atoms with E-state index < -0.39 is 6.09 Å². The molecule has 5 nitrogen and oxygen atoms in total. The fourth-order valence-corrected chi connectivity index (χ4v) is 2.08. The first-order valence-electron chi connectivity index (χ1n) is 5.35. The van der Waals surface area contributed by atoms with Gasteiger partial charge in [0.2, 0.25) is 0 Å². The maximum Gasteiger partial charge on any atom is 0.407 e. The molecule has 0 radical (unpaired) electrons. The van der Waals surface area contributed by atoms with Crippen molar-refractivity contribution in [3.8, 4) is 5.69 Å². The van der Waals surface area contributed by atoms with Crippen molar-refractivity contribution in [2.24, 2.45) is 0 Å². The molecule has 1 aliphatic heterocycles. The molecule has 1 aromatic carbocycles. The van der Waals surface area contributed by atoms with Crippen LogP contribution in [0.3, 0.4) is 0 Å². The summed E-state index contributed by atoms with van der Waals surface area (Å²) in [4.78, 5) is 12.3. The Bertz CT molecular complexity index is 562. The third-order valence-electron chi connectivity index (χ3n) is 2.93. The lowest BCUT2D eigenvalue weighted by molar-refractivity contribution is 0.144. The van der Waals surface area contributed by atoms with Crippen molar-refractivity contribution < 1.29 is 9.90 Å². The van der Waals surface area contributed by atoms with Crippen LogP contribution in [0.5, 0.6) is 0 Å². The Hall–Kier alpha value is -2.30. The fraction of sp³-hybridized carbons (Fsp3) is 0.167. The summed E-state index contributed by atoms with van der Waals surface area (Å²) >= 11 is 0. The number of amides is 1. The summed E-state index contributed by atoms with van der Waals surface area (Å²) in [7, 11) is 0. The third-order valence-corrected chi connectivity index (χ3v) is 2.93. The minimum atomic E-state index is -0.888. The Balaban J connectivity index is 1.99. The highest BCUT2D eigenvalue weighted by Crippen LogP contribution is 2.24. The fourth-order valence-electron chi connectivity index (χ4n) is 2.08. The SMILES string of the molecule is O=C(O)N1Cc2cnn(-c3ccccc3)c2C1. The molecule has 5 heteroatoms. The molecule has 2 heterocycles. The first-order chi connectivity index (χ1) is 8.25. The normalized spacial score (nSPS) is 13.8. The number of nitrogens with zero attached hydrogens (tertiary/aromatic N) is 3. The first kappa shape index (κ1) is 9.89. The minimum Gasteiger partial charge on any atom is -0.465 e. The van der Waals surface area contributed by atoms with Crippen LogP contribution < -0.4 is 0 Å². The Labute approximate surface area is 97.9 Å². The lowest BCUT2D eigenvalue weighted by Gasteiger charge is -2.11. The number of carboxylic acid groups (broad SMARTS) is 1. The topological polar surface area (TPSA) is 58.4 Å². The molecule has 0 atom stereocenters. The lowest BCUT2D eigenvalue weighted by atomic mass is 10.3. The second kappa shape index (κ2) is 3.62. The highest BCUT2D eigenvalue weighted by molar-refractivity contribution is 5.66. The monoisotopic (exact) mass is 229 g/mol. The summed E-state index contributed by atoms with van der Waals surface area (Å²) in [6.45, 7) is 0.830. The molecule has 1 N–H and O–H groups in total. The minimum absolute atomic E-state index is 0.402. The van der Waals surface area contributed by atoms with E-state index in [2.05, 4.69) is 5.10 Å². The molecule has 86 valence electrons. The number of para-hydroxylation sites is 1. The van der Waals surface area contributed by atoms with E-state index in [4.69, 9.17) is 5.11 Å². The van der Waals surface area contributed by atoms with Crippen molar-refractivity contribution in [3.63, 3.8) is 0 Å². The summed E-state index contributed by atoms with van der Waals surface area (Å²) in [6.07, 6.45) is 0.853. The predicted octanol–water partition coefficient (Wildman–Crippen LogP) is 1.87. The van der Waals surface area contributed by atoms with Crippen molar-refractivity contribution in [1.29, 1.82) is 0 Å². The zero-order valence-corrected chi connectivity index (χ0v) is 9.08. The largest absolute Gasteiger partial charge is 0.465 e. The van der Waals surface area contributed by atoms with Gasteiger partial charge in [-0.3, -0.25) is 4.90 Å². The summed E-state index contributed by atoms with van der Waals surface area (Å²) in [5.74, 6) is 0. The Morgan fingerprint density at radius 3 is 2.71 bits per heavy atom. The maximum absolute atomic E-state index is 10.9. The number of hydrogen-bond acceptors (Lipinski definition) is 2. The van der Waals surface area contributed by atoms with Crippen LogP contribution in [0.1, 0.15) is 11.3 Å². The van der Waals surface area contributed by atoms with Crippen LogP contribution in [0, 0.1) is 0 Å². The molecule has 3 rings (SSSR count). The smallest absolute Gasteiger partial charge is 0.407 e. The number of aromatic nitrogens is 2. The zero-order valence-electron chi connectivity index (χ0n) is 9.08. The third kappa shape index (κ3) is 1.56. The van der Waals surface area contributed by atoms with Gasteiger partial charge in [-0.15, -0.1) is 0 Å². The van der Waals surface area contributed by atoms with Gasteiger partial charge in [0, 0.05) is 5.56 Å². The molecule has 0 bridgehead atoms. The van der Waals surface area contributed by atoms with Gasteiger partial charge in [-0.2, -0.15) is 5.10 Å². The van der Waals surface area contributed by atoms with Crippen molar-refractivity contribution in [1.82, 2.24) is 14.7 Å². The van der Waals surface area contributed by atoms with E-state index >= 15 is 0 Å². The van der Waals surface area contributed by atoms with E-state index in [-0.39, 0.29) is 0 Å². The van der Waals surface area contributed by atoms with Gasteiger partial charge in [0.15, 0.2) is 0 Å². The average Bonchev–Trinajstić information content (AvgIpc) is 2.89. The number of fused-ring (bicyclic) bond motifs is 1. The molecule has 0 saturated heterocycles. The molecule has 0 fully saturated rings. The molecule has 1 aliphatic rings. The standard InChI is InChI=1S/C12H11N3O2/c16-12(17)14-7-9-6-13-15(11(9)8-14)10-4-2-1-3-5-10/h1-6H,7-8H2,(H,16,17). The van der Waals surface area contributed by atoms with E-state index in [0.29, 0.717) is 13.1 Å². The number of benzene rings is 1. The first-order valence-corrected chi connectivity index (χ1v) is 5.35. The van der Waals surface area contributed by atoms with Gasteiger partial charge in [-0.1, -0.05) is 18.2 Å². The quantitative estimate of drug-likeness (QED) is 0.812. The molecule has 2 aromatic rings. The van der Waals surface area contributed by atoms with Crippen LogP contribution in [-0.4, -0.2) is 25.9 Å². The molecule has 0 unspecified atom stereocenters. The van der Waals surface area contributed by atoms with E-state index in [0.717, 1.165) is 16.9 Å². The van der Waals surface area contributed by atoms with Crippen molar-refractivity contribution in [3.05, 3.63) is 47.8 Å². The second-order valence-electron chi connectivity index (χ2n) is 4.00. The van der Waals surface area contributed by atoms with E-state index in [9.17, 15) is 4.79 Å². The summed E-state index contributed by atoms with van der Waals surface area (Å²) < 4.78 is 1.80. The molecule has 0 saturated carbocycles. The summed E-state index contributed by atoms with van der Waals surface area (Å²) in [5, 5.41) is 13.3. The Morgan fingerprint density at radius 2 is 2.00 bits per heavy atom. The number of rotatable bonds is 1. The van der Waals surface area contributed by atoms with Crippen molar-refractivity contribution >= 4 is 6.09 Å². The molecule has 0 spiro atoms. The molecular weight excluding hydrogens is 218 g/mol. The van der Waals surface area contributed by atoms with Crippen LogP contribution in [0.2, 0.25) is 0 Å². The highest BCUT2D eigenvalue weighted by atomic mass is 16.4. The Kier molecular flexibility index (Phi) is 2.11. The van der Waals surface area contributed by atoms with E-state index in [1.54, 1.807) is 10.9 Å². The molecule has 0 aliphatic carbocycles. The highest BCUT2D eigenvalue weighted by Gasteiger charge is 2.27. The molecule has 17 heavy (non-hydrogen) atoms. The lowest BCUT2D eigenvalue weighted by Crippen LogP contribution is -2.23. The maximum atomic E-state index is 10.9. The van der Waals surface area contributed by atoms with Gasteiger partial charge in [-0.25, -0.2) is 9.48 Å². The van der Waals surface area contributed by atoms with Crippen LogP contribution in [0.15, 0.2) is 36.5 Å². The summed E-state index contributed by atoms with van der Waals surface area (Å²) in [5.41, 5.74) is 2.90. The van der Waals surface area contributed by atoms with Crippen LogP contribution in [0.4, 0.5) is 4.79 Å². The molecule has 1 aromatic heterocycles. The average molecular weight is 229 g/mol. The van der Waals surface area contributed by atoms with Crippen molar-refractivity contribution in [2.75, 3.05) is 0 Å². The van der Waals surface area contributed by atoms with E-state index in [1.807, 2.05) is 30.3 Å². The Morgan fingerprint density at radius 1 is 1.24 bits per heavy atom. The van der Waals surface area contributed by atoms with Gasteiger partial charge in [0.25, 0.3) is 0 Å². The van der Waals surface area contributed by atoms with Crippen LogP contribution >= 0.6 is 0 Å². The predicted molar refractivity (Wildman–Crippen MR) is 60.8 cm³/mol. The van der Waals surface area contributed by atoms with Crippen LogP contribution in [0.25, 0.3) is 5.69 Å². The van der Waals surface area contributed by atoms with Gasteiger partial charge in [0.1, 0.15) is 0 Å².